The highest BCUT2D eigenvalue weighted by Gasteiger charge is 2.28. The van der Waals surface area contributed by atoms with E-state index in [9.17, 15) is 12.8 Å². The minimum absolute atomic E-state index is 0.0503. The van der Waals surface area contributed by atoms with Crippen molar-refractivity contribution in [2.24, 2.45) is 0 Å². The minimum atomic E-state index is -3.96. The van der Waals surface area contributed by atoms with Crippen LogP contribution in [0, 0.1) is 0 Å². The largest absolute Gasteiger partial charge is 0.422 e. The fourth-order valence-corrected chi connectivity index (χ4v) is 3.90. The van der Waals surface area contributed by atoms with E-state index in [1.54, 1.807) is 13.8 Å². The van der Waals surface area contributed by atoms with Crippen molar-refractivity contribution in [2.45, 2.75) is 39.3 Å². The molecule has 0 aromatic heterocycles. The molecule has 0 bridgehead atoms. The second kappa shape index (κ2) is 7.53. The van der Waals surface area contributed by atoms with Crippen molar-refractivity contribution in [2.75, 3.05) is 19.4 Å². The Morgan fingerprint density at radius 1 is 1.12 bits per heavy atom. The molecule has 0 atom stereocenters. The zero-order valence-electron chi connectivity index (χ0n) is 10.2. The van der Waals surface area contributed by atoms with Crippen LogP contribution in [0.1, 0.15) is 26.7 Å². The molecule has 0 aliphatic carbocycles. The van der Waals surface area contributed by atoms with Crippen molar-refractivity contribution in [1.29, 1.82) is 0 Å². The summed E-state index contributed by atoms with van der Waals surface area (Å²) in [6.45, 7) is 5.13. The van der Waals surface area contributed by atoms with E-state index in [0.717, 1.165) is 6.55 Å². The third-order valence-corrected chi connectivity index (χ3v) is 5.35. The molecule has 0 N–H and O–H groups in total. The van der Waals surface area contributed by atoms with Crippen molar-refractivity contribution in [3.8, 4) is 0 Å². The molecule has 0 aromatic carbocycles. The van der Waals surface area contributed by atoms with Crippen molar-refractivity contribution < 1.29 is 21.8 Å². The van der Waals surface area contributed by atoms with Gasteiger partial charge in [0.2, 0.25) is 0 Å². The maximum Gasteiger partial charge on any atom is 0.422 e. The van der Waals surface area contributed by atoms with Crippen LogP contribution in [0.4, 0.5) is 8.22 Å². The lowest BCUT2D eigenvalue weighted by Gasteiger charge is -2.16. The lowest BCUT2D eigenvalue weighted by Crippen LogP contribution is -2.15. The Labute approximate surface area is 97.4 Å². The third kappa shape index (κ3) is 8.39. The normalized spacial score (nSPS) is 13.1. The summed E-state index contributed by atoms with van der Waals surface area (Å²) < 4.78 is 47.3. The predicted octanol–water partition coefficient (Wildman–Crippen LogP) is 4.04. The molecule has 0 amide bonds. The highest BCUT2D eigenvalue weighted by atomic mass is 31.2. The molecule has 98 valence electrons. The minimum Gasteiger partial charge on any atom is -0.309 e. The van der Waals surface area contributed by atoms with Gasteiger partial charge in [-0.3, -0.25) is 12.8 Å². The molecule has 0 spiro atoms. The fourth-order valence-electron chi connectivity index (χ4n) is 1.30. The first-order chi connectivity index (χ1) is 7.33. The summed E-state index contributed by atoms with van der Waals surface area (Å²) in [4.78, 5) is 0. The number of halogens is 2. The van der Waals surface area contributed by atoms with E-state index in [1.807, 2.05) is 0 Å². The summed E-state index contributed by atoms with van der Waals surface area (Å²) in [6, 6.07) is -0.0503. The Morgan fingerprint density at radius 3 is 2.00 bits per heavy atom. The third-order valence-electron chi connectivity index (χ3n) is 1.95. The molecule has 0 unspecified atom stereocenters. The highest BCUT2D eigenvalue weighted by Crippen LogP contribution is 2.48. The monoisotopic (exact) mass is 274 g/mol. The van der Waals surface area contributed by atoms with Crippen LogP contribution in [0.3, 0.4) is 0 Å². The Bertz CT molecular complexity index is 223. The first kappa shape index (κ1) is 16.2. The molecule has 0 aliphatic rings. The van der Waals surface area contributed by atoms with Gasteiger partial charge in [0, 0.05) is 0 Å². The van der Waals surface area contributed by atoms with Gasteiger partial charge >= 0.3 is 16.3 Å². The zero-order chi connectivity index (χ0) is 12.7. The second-order valence-electron chi connectivity index (χ2n) is 3.70. The molecule has 0 radical (unpaired) electrons. The molecule has 7 heteroatoms. The molecule has 0 rings (SSSR count). The summed E-state index contributed by atoms with van der Waals surface area (Å²) >= 11 is 0. The average Bonchev–Trinajstić information content (AvgIpc) is 2.12. The van der Waals surface area contributed by atoms with Gasteiger partial charge in [-0.25, -0.2) is 0 Å². The van der Waals surface area contributed by atoms with Crippen molar-refractivity contribution >= 4 is 16.3 Å². The van der Waals surface area contributed by atoms with Crippen LogP contribution in [0.25, 0.3) is 0 Å². The molecule has 0 saturated heterocycles. The maximum absolute atomic E-state index is 12.6. The van der Waals surface area contributed by atoms with E-state index < -0.39 is 16.3 Å². The molecular weight excluding hydrogens is 253 g/mol. The summed E-state index contributed by atoms with van der Waals surface area (Å²) in [7, 11) is -6.99. The summed E-state index contributed by atoms with van der Waals surface area (Å²) in [6.07, 6.45) is 1.09. The van der Waals surface area contributed by atoms with Crippen LogP contribution in [-0.4, -0.2) is 28.1 Å². The molecule has 3 nitrogen and oxygen atoms in total. The molecule has 0 heterocycles. The quantitative estimate of drug-likeness (QED) is 0.275. The van der Waals surface area contributed by atoms with E-state index in [1.165, 1.54) is 0 Å². The van der Waals surface area contributed by atoms with Gasteiger partial charge in [0.1, 0.15) is 0 Å². The average molecular weight is 274 g/mol. The van der Waals surface area contributed by atoms with Gasteiger partial charge in [0.15, 0.2) is 0 Å². The van der Waals surface area contributed by atoms with E-state index in [2.05, 4.69) is 0 Å². The molecule has 0 aliphatic heterocycles. The van der Waals surface area contributed by atoms with E-state index in [4.69, 9.17) is 9.05 Å². The van der Waals surface area contributed by atoms with Gasteiger partial charge in [-0.05, 0) is 32.9 Å². The summed E-state index contributed by atoms with van der Waals surface area (Å²) in [5.41, 5.74) is 0. The Balaban J connectivity index is 3.90. The Kier molecular flexibility index (Phi) is 7.64. The summed E-state index contributed by atoms with van der Waals surface area (Å²) in [5, 5.41) is 0. The lowest BCUT2D eigenvalue weighted by molar-refractivity contribution is 0.219. The van der Waals surface area contributed by atoms with Gasteiger partial charge in [-0.15, -0.1) is 0 Å². The Morgan fingerprint density at radius 2 is 1.62 bits per heavy atom. The summed E-state index contributed by atoms with van der Waals surface area (Å²) in [5.74, 6) is 0. The van der Waals surface area contributed by atoms with Crippen molar-refractivity contribution in [1.82, 2.24) is 0 Å². The molecular formula is C9H21F2O3PSi. The maximum atomic E-state index is 12.6. The number of rotatable bonds is 9. The van der Waals surface area contributed by atoms with Crippen molar-refractivity contribution in [3.05, 3.63) is 0 Å². The van der Waals surface area contributed by atoms with Gasteiger partial charge in [-0.2, -0.15) is 0 Å². The molecule has 0 aromatic rings. The molecule has 0 saturated carbocycles. The fraction of sp³-hybridized carbons (Fsp3) is 1.00. The molecule has 0 fully saturated rings. The number of unbranched alkanes of at least 4 members (excludes halogenated alkanes) is 1. The van der Waals surface area contributed by atoms with Crippen LogP contribution < -0.4 is 0 Å². The van der Waals surface area contributed by atoms with E-state index in [0.29, 0.717) is 26.1 Å². The van der Waals surface area contributed by atoms with Gasteiger partial charge < -0.3 is 9.05 Å². The predicted molar refractivity (Wildman–Crippen MR) is 63.6 cm³/mol. The second-order valence-corrected chi connectivity index (χ2v) is 8.52. The number of hydrogen-bond donors (Lipinski definition) is 0. The van der Waals surface area contributed by atoms with Crippen LogP contribution in [0.5, 0.6) is 0 Å². The van der Waals surface area contributed by atoms with E-state index in [-0.39, 0.29) is 12.2 Å². The van der Waals surface area contributed by atoms with Crippen LogP contribution in [0.2, 0.25) is 12.6 Å². The Hall–Kier alpha value is 0.227. The number of hydrogen-bond acceptors (Lipinski definition) is 3. The SMILES string of the molecule is CCOP(=O)(CCCC[Si](C)(F)F)OCC. The van der Waals surface area contributed by atoms with Crippen LogP contribution in [-0.2, 0) is 13.6 Å². The standard InChI is InChI=1S/C9H21F2O3PSi/c1-4-13-15(12,14-5-2)8-6-7-9-16(3,10)11/h4-9H2,1-3H3. The first-order valence-corrected chi connectivity index (χ1v) is 9.78. The van der Waals surface area contributed by atoms with Gasteiger partial charge in [0.05, 0.1) is 19.4 Å². The topological polar surface area (TPSA) is 35.5 Å². The van der Waals surface area contributed by atoms with Crippen molar-refractivity contribution in [3.63, 3.8) is 0 Å². The lowest BCUT2D eigenvalue weighted by atomic mass is 10.4. The van der Waals surface area contributed by atoms with Gasteiger partial charge in [-0.1, -0.05) is 6.42 Å². The molecule has 16 heavy (non-hydrogen) atoms. The van der Waals surface area contributed by atoms with Crippen LogP contribution in [0.15, 0.2) is 0 Å². The highest BCUT2D eigenvalue weighted by molar-refractivity contribution is 7.53. The van der Waals surface area contributed by atoms with E-state index >= 15 is 0 Å². The zero-order valence-corrected chi connectivity index (χ0v) is 12.1. The smallest absolute Gasteiger partial charge is 0.309 e. The van der Waals surface area contributed by atoms with Crippen LogP contribution >= 0.6 is 7.60 Å². The first-order valence-electron chi connectivity index (χ1n) is 5.59. The van der Waals surface area contributed by atoms with Gasteiger partial charge in [0.25, 0.3) is 0 Å².